The molecule has 1 aromatic heterocycles. The van der Waals surface area contributed by atoms with Gasteiger partial charge in [0, 0.05) is 11.1 Å². The van der Waals surface area contributed by atoms with E-state index in [4.69, 9.17) is 12.6 Å². The van der Waals surface area contributed by atoms with Gasteiger partial charge in [0.1, 0.15) is 0 Å². The lowest BCUT2D eigenvalue weighted by atomic mass is 10.1. The second-order valence-corrected chi connectivity index (χ2v) is 4.38. The Bertz CT molecular complexity index is 588. The first-order valence-electron chi connectivity index (χ1n) is 5.72. The van der Waals surface area contributed by atoms with Crippen LogP contribution >= 0.6 is 12.6 Å². The number of rotatable bonds is 2. The van der Waals surface area contributed by atoms with Gasteiger partial charge in [0.25, 0.3) is 0 Å². The summed E-state index contributed by atoms with van der Waals surface area (Å²) in [5, 5.41) is 0.521. The number of H-pyrrole nitrogens is 1. The van der Waals surface area contributed by atoms with Crippen molar-refractivity contribution in [1.82, 2.24) is 9.97 Å². The minimum Gasteiger partial charge on any atom is -0.329 e. The molecule has 0 atom stereocenters. The molecule has 2 aromatic carbocycles. The fraction of sp³-hybridized carbons (Fsp3) is 0. The molecule has 1 radical (unpaired) electrons. The Hall–Kier alpha value is -2.13. The van der Waals surface area contributed by atoms with Gasteiger partial charge in [0.05, 0.1) is 11.4 Å². The molecule has 1 N–H and O–H groups in total. The number of benzene rings is 2. The van der Waals surface area contributed by atoms with Crippen LogP contribution in [0, 0.1) is 0 Å². The van der Waals surface area contributed by atoms with Crippen molar-refractivity contribution in [3.63, 3.8) is 0 Å². The number of aromatic amines is 1. The second-order valence-electron chi connectivity index (χ2n) is 4.00. The van der Waals surface area contributed by atoms with Crippen LogP contribution in [0.1, 0.15) is 0 Å². The molecule has 0 saturated carbocycles. The maximum Gasteiger partial charge on any atom is 0.197 e. The Kier molecular flexibility index (Phi) is 2.82. The Morgan fingerprint density at radius 3 is 1.94 bits per heavy atom. The highest BCUT2D eigenvalue weighted by Gasteiger charge is 2.12. The number of nitrogens with one attached hydrogen (secondary N) is 1. The Morgan fingerprint density at radius 2 is 1.33 bits per heavy atom. The molecule has 0 aliphatic rings. The molecule has 87 valence electrons. The lowest BCUT2D eigenvalue weighted by Gasteiger charge is -2.02. The lowest BCUT2D eigenvalue weighted by molar-refractivity contribution is 1.07. The predicted molar refractivity (Wildman–Crippen MR) is 75.3 cm³/mol. The average molecular weight is 251 g/mol. The van der Waals surface area contributed by atoms with Gasteiger partial charge in [-0.05, 0) is 12.6 Å². The fourth-order valence-electron chi connectivity index (χ4n) is 1.97. The molecule has 3 heteroatoms. The van der Waals surface area contributed by atoms with Gasteiger partial charge in [-0.1, -0.05) is 60.7 Å². The van der Waals surface area contributed by atoms with Crippen LogP contribution in [0.3, 0.4) is 0 Å². The topological polar surface area (TPSA) is 28.7 Å². The van der Waals surface area contributed by atoms with Gasteiger partial charge in [0.15, 0.2) is 5.16 Å². The van der Waals surface area contributed by atoms with E-state index < -0.39 is 0 Å². The van der Waals surface area contributed by atoms with Crippen molar-refractivity contribution in [2.75, 3.05) is 0 Å². The summed E-state index contributed by atoms with van der Waals surface area (Å²) in [6, 6.07) is 20.2. The monoisotopic (exact) mass is 251 g/mol. The molecule has 0 aliphatic heterocycles. The van der Waals surface area contributed by atoms with Crippen LogP contribution in [-0.2, 0) is 0 Å². The largest absolute Gasteiger partial charge is 0.329 e. The van der Waals surface area contributed by atoms with Crippen molar-refractivity contribution in [3.05, 3.63) is 60.7 Å². The number of imidazole rings is 1. The Balaban J connectivity index is 2.17. The zero-order valence-corrected chi connectivity index (χ0v) is 10.4. The summed E-state index contributed by atoms with van der Waals surface area (Å²) in [5.74, 6) is 0. The minimum atomic E-state index is 0.521. The van der Waals surface area contributed by atoms with Crippen LogP contribution in [0.2, 0.25) is 0 Å². The van der Waals surface area contributed by atoms with Gasteiger partial charge in [-0.3, -0.25) is 0 Å². The van der Waals surface area contributed by atoms with Crippen molar-refractivity contribution in [1.29, 1.82) is 0 Å². The summed E-state index contributed by atoms with van der Waals surface area (Å²) in [6.45, 7) is 0. The van der Waals surface area contributed by atoms with Gasteiger partial charge in [-0.15, -0.1) is 0 Å². The van der Waals surface area contributed by atoms with E-state index in [0.717, 1.165) is 22.5 Å². The summed E-state index contributed by atoms with van der Waals surface area (Å²) >= 11 is 5.15. The first-order chi connectivity index (χ1) is 8.84. The van der Waals surface area contributed by atoms with Crippen LogP contribution in [-0.4, -0.2) is 9.97 Å². The molecular weight excluding hydrogens is 240 g/mol. The molecule has 0 spiro atoms. The predicted octanol–water partition coefficient (Wildman–Crippen LogP) is 4.30. The molecule has 0 unspecified atom stereocenters. The van der Waals surface area contributed by atoms with E-state index >= 15 is 0 Å². The van der Waals surface area contributed by atoms with Crippen molar-refractivity contribution in [2.24, 2.45) is 0 Å². The van der Waals surface area contributed by atoms with E-state index in [1.54, 1.807) is 0 Å². The van der Waals surface area contributed by atoms with E-state index in [9.17, 15) is 0 Å². The van der Waals surface area contributed by atoms with Crippen molar-refractivity contribution in [3.8, 4) is 22.5 Å². The van der Waals surface area contributed by atoms with Crippen LogP contribution in [0.15, 0.2) is 65.8 Å². The molecule has 0 saturated heterocycles. The van der Waals surface area contributed by atoms with Crippen LogP contribution in [0.4, 0.5) is 0 Å². The third kappa shape index (κ3) is 2.00. The van der Waals surface area contributed by atoms with E-state index in [1.807, 2.05) is 48.5 Å². The molecule has 0 bridgehead atoms. The number of aromatic nitrogens is 2. The van der Waals surface area contributed by atoms with Gasteiger partial charge in [0.2, 0.25) is 0 Å². The number of hydrogen-bond acceptors (Lipinski definition) is 1. The zero-order valence-electron chi connectivity index (χ0n) is 9.63. The summed E-state index contributed by atoms with van der Waals surface area (Å²) in [7, 11) is 0. The molecule has 0 amide bonds. The van der Waals surface area contributed by atoms with E-state index in [0.29, 0.717) is 5.16 Å². The summed E-state index contributed by atoms with van der Waals surface area (Å²) < 4.78 is 0. The first kappa shape index (κ1) is 11.0. The van der Waals surface area contributed by atoms with Crippen LogP contribution in [0.25, 0.3) is 22.5 Å². The Morgan fingerprint density at radius 1 is 0.778 bits per heavy atom. The lowest BCUT2D eigenvalue weighted by Crippen LogP contribution is -1.82. The summed E-state index contributed by atoms with van der Waals surface area (Å²) in [6.07, 6.45) is 0. The van der Waals surface area contributed by atoms with Crippen LogP contribution < -0.4 is 0 Å². The SMILES string of the molecule is [S]c1nc(-c2ccccc2)c(-c2ccccc2)[nH]1. The first-order valence-corrected chi connectivity index (χ1v) is 6.13. The second kappa shape index (κ2) is 4.63. The Labute approximate surface area is 111 Å². The number of hydrogen-bond donors (Lipinski definition) is 1. The summed E-state index contributed by atoms with van der Waals surface area (Å²) in [4.78, 5) is 7.58. The highest BCUT2D eigenvalue weighted by molar-refractivity contribution is 7.80. The minimum absolute atomic E-state index is 0.521. The molecule has 3 aromatic rings. The van der Waals surface area contributed by atoms with E-state index in [2.05, 4.69) is 22.1 Å². The molecular formula is C15H11N2S. The third-order valence-corrected chi connectivity index (χ3v) is 2.99. The molecule has 0 aliphatic carbocycles. The molecule has 0 fully saturated rings. The van der Waals surface area contributed by atoms with Crippen molar-refractivity contribution >= 4 is 12.6 Å². The molecule has 3 rings (SSSR count). The van der Waals surface area contributed by atoms with Crippen molar-refractivity contribution in [2.45, 2.75) is 5.16 Å². The van der Waals surface area contributed by atoms with Gasteiger partial charge in [-0.2, -0.15) is 0 Å². The molecule has 18 heavy (non-hydrogen) atoms. The third-order valence-electron chi connectivity index (χ3n) is 2.79. The standard InChI is InChI=1S/C15H11N2S/c18-15-16-13(11-7-3-1-4-8-11)14(17-15)12-9-5-2-6-10-12/h1-10H,(H,16,17). The van der Waals surface area contributed by atoms with Gasteiger partial charge in [-0.25, -0.2) is 4.98 Å². The highest BCUT2D eigenvalue weighted by atomic mass is 32.1. The average Bonchev–Trinajstić information content (AvgIpc) is 2.83. The molecule has 2 nitrogen and oxygen atoms in total. The zero-order chi connectivity index (χ0) is 12.4. The van der Waals surface area contributed by atoms with E-state index in [-0.39, 0.29) is 0 Å². The van der Waals surface area contributed by atoms with Gasteiger partial charge >= 0.3 is 0 Å². The van der Waals surface area contributed by atoms with E-state index in [1.165, 1.54) is 0 Å². The maximum atomic E-state index is 5.15. The normalized spacial score (nSPS) is 10.4. The highest BCUT2D eigenvalue weighted by Crippen LogP contribution is 2.30. The fourth-order valence-corrected chi connectivity index (χ4v) is 2.16. The van der Waals surface area contributed by atoms with Crippen molar-refractivity contribution < 1.29 is 0 Å². The van der Waals surface area contributed by atoms with Gasteiger partial charge < -0.3 is 4.98 Å². The number of nitrogens with zero attached hydrogens (tertiary/aromatic N) is 1. The van der Waals surface area contributed by atoms with Crippen LogP contribution in [0.5, 0.6) is 0 Å². The maximum absolute atomic E-state index is 5.15. The molecule has 1 heterocycles. The summed E-state index contributed by atoms with van der Waals surface area (Å²) in [5.41, 5.74) is 4.06. The quantitative estimate of drug-likeness (QED) is 0.722. The smallest absolute Gasteiger partial charge is 0.197 e.